The molecular weight excluding hydrogens is 420 g/mol. The van der Waals surface area contributed by atoms with Crippen molar-refractivity contribution in [3.63, 3.8) is 0 Å². The van der Waals surface area contributed by atoms with Crippen LogP contribution < -0.4 is 0 Å². The number of hydrogen-bond donors (Lipinski definition) is 2. The third-order valence-electron chi connectivity index (χ3n) is 5.90. The van der Waals surface area contributed by atoms with Gasteiger partial charge in [0.1, 0.15) is 6.10 Å². The van der Waals surface area contributed by atoms with E-state index in [9.17, 15) is 24.6 Å². The van der Waals surface area contributed by atoms with E-state index in [1.54, 1.807) is 30.3 Å². The molecule has 0 unspecified atom stereocenters. The molecule has 7 heteroatoms. The Morgan fingerprint density at radius 1 is 1.23 bits per heavy atom. The average Bonchev–Trinajstić information content (AvgIpc) is 3.00. The summed E-state index contributed by atoms with van der Waals surface area (Å²) in [5.74, 6) is -3.30. The normalized spacial score (nSPS) is 24.1. The topological polar surface area (TPSA) is 101 Å². The first-order valence-corrected chi connectivity index (χ1v) is 11.0. The molecular formula is C24H31ClO6. The predicted octanol–water partition coefficient (Wildman–Crippen LogP) is 4.59. The molecule has 1 aromatic rings. The number of halogens is 1. The zero-order chi connectivity index (χ0) is 23.2. The van der Waals surface area contributed by atoms with Gasteiger partial charge in [0.15, 0.2) is 5.78 Å². The molecule has 31 heavy (non-hydrogen) atoms. The Morgan fingerprint density at radius 3 is 2.45 bits per heavy atom. The number of carbonyl (C=O) groups excluding carboxylic acids is 2. The van der Waals surface area contributed by atoms with E-state index in [2.05, 4.69) is 0 Å². The molecule has 1 saturated carbocycles. The Bertz CT molecular complexity index is 817. The van der Waals surface area contributed by atoms with Crippen molar-refractivity contribution in [2.24, 2.45) is 17.3 Å². The van der Waals surface area contributed by atoms with Crippen LogP contribution in [0.4, 0.5) is 0 Å². The lowest BCUT2D eigenvalue weighted by atomic mass is 9.81. The number of carbonyl (C=O) groups is 3. The van der Waals surface area contributed by atoms with Crippen molar-refractivity contribution in [2.75, 3.05) is 0 Å². The van der Waals surface area contributed by atoms with E-state index in [4.69, 9.17) is 16.3 Å². The van der Waals surface area contributed by atoms with Crippen LogP contribution in [0.5, 0.6) is 0 Å². The molecule has 6 nitrogen and oxygen atoms in total. The zero-order valence-electron chi connectivity index (χ0n) is 18.2. The molecule has 0 bridgehead atoms. The van der Waals surface area contributed by atoms with Crippen LogP contribution in [0.1, 0.15) is 63.2 Å². The highest BCUT2D eigenvalue weighted by molar-refractivity contribution is 6.43. The van der Waals surface area contributed by atoms with E-state index in [1.165, 1.54) is 6.08 Å². The largest absolute Gasteiger partial charge is 0.481 e. The van der Waals surface area contributed by atoms with Crippen LogP contribution in [-0.2, 0) is 14.3 Å². The number of carboxylic acids is 1. The number of aliphatic hydroxyl groups is 1. The molecule has 0 radical (unpaired) electrons. The maximum absolute atomic E-state index is 12.9. The average molecular weight is 451 g/mol. The molecule has 2 N–H and O–H groups in total. The zero-order valence-corrected chi connectivity index (χ0v) is 19.0. The van der Waals surface area contributed by atoms with Crippen molar-refractivity contribution in [3.8, 4) is 0 Å². The van der Waals surface area contributed by atoms with E-state index >= 15 is 0 Å². The lowest BCUT2D eigenvalue weighted by Crippen LogP contribution is -2.29. The van der Waals surface area contributed by atoms with E-state index < -0.39 is 41.4 Å². The van der Waals surface area contributed by atoms with Gasteiger partial charge < -0.3 is 14.9 Å². The first-order valence-electron chi connectivity index (χ1n) is 10.6. The molecule has 0 aromatic heterocycles. The van der Waals surface area contributed by atoms with E-state index in [1.807, 2.05) is 20.8 Å². The molecule has 0 amide bonds. The molecule has 1 aromatic carbocycles. The minimum Gasteiger partial charge on any atom is -0.481 e. The first kappa shape index (κ1) is 25.1. The van der Waals surface area contributed by atoms with Crippen LogP contribution in [0.15, 0.2) is 41.4 Å². The number of hydrogen-bond acceptors (Lipinski definition) is 5. The first-order chi connectivity index (χ1) is 14.6. The summed E-state index contributed by atoms with van der Waals surface area (Å²) < 4.78 is 5.62. The second kappa shape index (κ2) is 10.9. The Labute approximate surface area is 188 Å². The summed E-state index contributed by atoms with van der Waals surface area (Å²) in [4.78, 5) is 36.8. The number of benzene rings is 1. The fraction of sp³-hybridized carbons (Fsp3) is 0.542. The Morgan fingerprint density at radius 2 is 1.87 bits per heavy atom. The summed E-state index contributed by atoms with van der Waals surface area (Å²) in [7, 11) is 0. The van der Waals surface area contributed by atoms with Gasteiger partial charge in [-0.1, -0.05) is 69.5 Å². The lowest BCUT2D eigenvalue weighted by Gasteiger charge is -2.25. The van der Waals surface area contributed by atoms with Crippen molar-refractivity contribution >= 4 is 29.3 Å². The molecule has 0 spiro atoms. The van der Waals surface area contributed by atoms with Crippen molar-refractivity contribution < 1.29 is 29.3 Å². The van der Waals surface area contributed by atoms with Gasteiger partial charge in [0.2, 0.25) is 0 Å². The molecule has 0 saturated heterocycles. The summed E-state index contributed by atoms with van der Waals surface area (Å²) in [5, 5.41) is 19.7. The fourth-order valence-corrected chi connectivity index (χ4v) is 4.41. The number of rotatable bonds is 10. The molecule has 1 aliphatic carbocycles. The molecule has 4 atom stereocenters. The molecule has 0 aliphatic heterocycles. The highest BCUT2D eigenvalue weighted by Gasteiger charge is 2.45. The van der Waals surface area contributed by atoms with Crippen molar-refractivity contribution in [1.82, 2.24) is 0 Å². The number of allylic oxidation sites excluding steroid dienone is 1. The highest BCUT2D eigenvalue weighted by Crippen LogP contribution is 2.40. The summed E-state index contributed by atoms with van der Waals surface area (Å²) in [6, 6.07) is 8.41. The summed E-state index contributed by atoms with van der Waals surface area (Å²) in [5.41, 5.74) is -0.316. The van der Waals surface area contributed by atoms with Crippen LogP contribution in [-0.4, -0.2) is 40.1 Å². The second-order valence-electron chi connectivity index (χ2n) is 8.78. The number of esters is 1. The van der Waals surface area contributed by atoms with Gasteiger partial charge in [-0.3, -0.25) is 9.59 Å². The quantitative estimate of drug-likeness (QED) is 0.399. The maximum atomic E-state index is 12.9. The lowest BCUT2D eigenvalue weighted by molar-refractivity contribution is -0.139. The standard InChI is InChI=1S/C24H31ClO6/c1-4-5-11-24(2,3)22(29)18(25)12-17-16(13-21(27)28)19(26)14-20(17)31-23(30)15-9-7-6-8-10-15/h6-10,12,16-17,19-20,26H,4-5,11,13-14H2,1-3H3,(H,27,28)/t16-,17+,19+,20-/m1/s1. The van der Waals surface area contributed by atoms with Crippen LogP contribution in [0.25, 0.3) is 0 Å². The number of ketones is 1. The van der Waals surface area contributed by atoms with Gasteiger partial charge in [-0.05, 0) is 18.6 Å². The highest BCUT2D eigenvalue weighted by atomic mass is 35.5. The van der Waals surface area contributed by atoms with E-state index in [0.29, 0.717) is 12.0 Å². The number of aliphatic carboxylic acids is 1. The fourth-order valence-electron chi connectivity index (χ4n) is 4.01. The number of aliphatic hydroxyl groups excluding tert-OH is 1. The molecule has 1 fully saturated rings. The van der Waals surface area contributed by atoms with Gasteiger partial charge in [-0.15, -0.1) is 0 Å². The van der Waals surface area contributed by atoms with Gasteiger partial charge in [0.05, 0.1) is 23.1 Å². The van der Waals surface area contributed by atoms with Crippen LogP contribution in [0.2, 0.25) is 0 Å². The summed E-state index contributed by atoms with van der Waals surface area (Å²) in [6.45, 7) is 5.69. The van der Waals surface area contributed by atoms with Crippen LogP contribution in [0, 0.1) is 17.3 Å². The minimum absolute atomic E-state index is 0.0173. The van der Waals surface area contributed by atoms with Crippen LogP contribution in [0.3, 0.4) is 0 Å². The number of carboxylic acid groups (broad SMARTS) is 1. The van der Waals surface area contributed by atoms with Gasteiger partial charge >= 0.3 is 11.9 Å². The van der Waals surface area contributed by atoms with E-state index in [-0.39, 0.29) is 23.7 Å². The predicted molar refractivity (Wildman–Crippen MR) is 118 cm³/mol. The third kappa shape index (κ3) is 6.65. The van der Waals surface area contributed by atoms with Gasteiger partial charge in [0, 0.05) is 23.7 Å². The number of Topliss-reactive ketones (excluding diaryl/α,β-unsaturated/α-hetero) is 1. The Kier molecular flexibility index (Phi) is 8.83. The molecule has 1 aliphatic rings. The smallest absolute Gasteiger partial charge is 0.338 e. The number of ether oxygens (including phenoxy) is 1. The van der Waals surface area contributed by atoms with Gasteiger partial charge in [0.25, 0.3) is 0 Å². The van der Waals surface area contributed by atoms with Crippen molar-refractivity contribution in [3.05, 3.63) is 47.0 Å². The number of unbranched alkanes of at least 4 members (excludes halogenated alkanes) is 1. The molecule has 2 rings (SSSR count). The van der Waals surface area contributed by atoms with Crippen molar-refractivity contribution in [1.29, 1.82) is 0 Å². The van der Waals surface area contributed by atoms with Crippen molar-refractivity contribution in [2.45, 2.75) is 65.1 Å². The second-order valence-corrected chi connectivity index (χ2v) is 9.19. The Hall–Kier alpha value is -2.18. The SMILES string of the molecule is CCCCC(C)(C)C(=O)C(Cl)=C[C@H]1[C@@H](CC(=O)O)[C@@H](O)C[C@H]1OC(=O)c1ccccc1. The minimum atomic E-state index is -1.08. The van der Waals surface area contributed by atoms with E-state index in [0.717, 1.165) is 12.8 Å². The summed E-state index contributed by atoms with van der Waals surface area (Å²) >= 11 is 6.39. The third-order valence-corrected chi connectivity index (χ3v) is 6.19. The van der Waals surface area contributed by atoms with Gasteiger partial charge in [-0.25, -0.2) is 4.79 Å². The monoisotopic (exact) mass is 450 g/mol. The molecule has 0 heterocycles. The van der Waals surface area contributed by atoms with Crippen LogP contribution >= 0.6 is 11.6 Å². The maximum Gasteiger partial charge on any atom is 0.338 e. The summed E-state index contributed by atoms with van der Waals surface area (Å²) in [6.07, 6.45) is 1.96. The van der Waals surface area contributed by atoms with Gasteiger partial charge in [-0.2, -0.15) is 0 Å². The Balaban J connectivity index is 2.29. The molecule has 170 valence electrons.